The van der Waals surface area contributed by atoms with Crippen molar-refractivity contribution in [2.75, 3.05) is 11.9 Å². The van der Waals surface area contributed by atoms with Gasteiger partial charge < -0.3 is 5.32 Å². The molecule has 1 aliphatic carbocycles. The molecule has 16 heavy (non-hydrogen) atoms. The lowest BCUT2D eigenvalue weighted by Crippen LogP contribution is -2.31. The van der Waals surface area contributed by atoms with E-state index in [-0.39, 0.29) is 5.91 Å². The highest BCUT2D eigenvalue weighted by molar-refractivity contribution is 9.09. The topological polar surface area (TPSA) is 42.0 Å². The van der Waals surface area contributed by atoms with Crippen molar-refractivity contribution in [3.8, 4) is 0 Å². The summed E-state index contributed by atoms with van der Waals surface area (Å²) in [7, 11) is 0. The number of aryl methyl sites for hydroxylation is 1. The Morgan fingerprint density at radius 3 is 2.88 bits per heavy atom. The molecule has 2 rings (SSSR count). The van der Waals surface area contributed by atoms with Crippen LogP contribution in [0, 0.1) is 12.3 Å². The molecule has 0 spiro atoms. The van der Waals surface area contributed by atoms with Gasteiger partial charge in [0, 0.05) is 24.3 Å². The summed E-state index contributed by atoms with van der Waals surface area (Å²) >= 11 is 3.49. The number of hydrogen-bond acceptors (Lipinski definition) is 2. The van der Waals surface area contributed by atoms with Gasteiger partial charge in [0.2, 0.25) is 0 Å². The highest BCUT2D eigenvalue weighted by Crippen LogP contribution is 2.46. The zero-order valence-corrected chi connectivity index (χ0v) is 10.9. The molecule has 1 saturated carbocycles. The van der Waals surface area contributed by atoms with E-state index >= 15 is 0 Å². The fourth-order valence-electron chi connectivity index (χ4n) is 1.58. The van der Waals surface area contributed by atoms with E-state index in [4.69, 9.17) is 0 Å². The Morgan fingerprint density at radius 1 is 1.56 bits per heavy atom. The Morgan fingerprint density at radius 2 is 2.31 bits per heavy atom. The van der Waals surface area contributed by atoms with Crippen LogP contribution in [0.1, 0.15) is 28.8 Å². The summed E-state index contributed by atoms with van der Waals surface area (Å²) in [6.07, 6.45) is 5.75. The van der Waals surface area contributed by atoms with Gasteiger partial charge >= 0.3 is 0 Å². The minimum absolute atomic E-state index is 0.0246. The molecule has 1 aromatic heterocycles. The summed E-state index contributed by atoms with van der Waals surface area (Å²) in [5, 5.41) is 3.94. The molecule has 0 aliphatic heterocycles. The average molecular weight is 283 g/mol. The van der Waals surface area contributed by atoms with Crippen molar-refractivity contribution in [3.63, 3.8) is 0 Å². The van der Waals surface area contributed by atoms with E-state index in [0.29, 0.717) is 11.0 Å². The van der Waals surface area contributed by atoms with E-state index in [9.17, 15) is 4.79 Å². The van der Waals surface area contributed by atoms with E-state index in [0.717, 1.165) is 17.4 Å². The molecule has 0 saturated heterocycles. The van der Waals surface area contributed by atoms with E-state index in [1.807, 2.05) is 13.0 Å². The minimum Gasteiger partial charge on any atom is -0.351 e. The summed E-state index contributed by atoms with van der Waals surface area (Å²) < 4.78 is 0. The van der Waals surface area contributed by atoms with Crippen LogP contribution in [0.4, 0.5) is 0 Å². The maximum Gasteiger partial charge on any atom is 0.252 e. The lowest BCUT2D eigenvalue weighted by atomic mass is 10.1. The summed E-state index contributed by atoms with van der Waals surface area (Å²) in [6.45, 7) is 2.69. The minimum atomic E-state index is -0.0246. The van der Waals surface area contributed by atoms with E-state index < -0.39 is 0 Å². The van der Waals surface area contributed by atoms with Crippen LogP contribution in [0.25, 0.3) is 0 Å². The molecule has 0 radical (unpaired) electrons. The van der Waals surface area contributed by atoms with E-state index in [1.54, 1.807) is 12.4 Å². The molecule has 0 unspecified atom stereocenters. The first kappa shape index (κ1) is 11.6. The normalized spacial score (nSPS) is 16.9. The zero-order chi connectivity index (χ0) is 11.6. The number of pyridine rings is 1. The molecule has 3 nitrogen and oxygen atoms in total. The monoisotopic (exact) mass is 282 g/mol. The number of amides is 1. The molecule has 1 aromatic rings. The molecular formula is C12H15BrN2O. The second-order valence-electron chi connectivity index (χ2n) is 4.57. The molecule has 0 bridgehead atoms. The third kappa shape index (κ3) is 2.61. The van der Waals surface area contributed by atoms with Gasteiger partial charge in [-0.3, -0.25) is 9.78 Å². The van der Waals surface area contributed by atoms with Gasteiger partial charge in [0.05, 0.1) is 5.56 Å². The molecule has 1 amide bonds. The number of rotatable bonds is 4. The number of alkyl halides is 1. The van der Waals surface area contributed by atoms with Crippen LogP contribution >= 0.6 is 15.9 Å². The van der Waals surface area contributed by atoms with Crippen molar-refractivity contribution in [1.82, 2.24) is 10.3 Å². The van der Waals surface area contributed by atoms with Gasteiger partial charge in [-0.15, -0.1) is 0 Å². The molecule has 86 valence electrons. The van der Waals surface area contributed by atoms with Gasteiger partial charge in [-0.25, -0.2) is 0 Å². The molecule has 4 heteroatoms. The Kier molecular flexibility index (Phi) is 3.28. The molecule has 0 atom stereocenters. The third-order valence-corrected chi connectivity index (χ3v) is 4.19. The van der Waals surface area contributed by atoms with Crippen LogP contribution < -0.4 is 5.32 Å². The van der Waals surface area contributed by atoms with Gasteiger partial charge in [-0.2, -0.15) is 0 Å². The first-order chi connectivity index (χ1) is 7.65. The predicted molar refractivity (Wildman–Crippen MR) is 66.8 cm³/mol. The Bertz CT molecular complexity index is 402. The van der Waals surface area contributed by atoms with Crippen LogP contribution in [-0.2, 0) is 0 Å². The van der Waals surface area contributed by atoms with Gasteiger partial charge in [0.25, 0.3) is 5.91 Å². The lowest BCUT2D eigenvalue weighted by Gasteiger charge is -2.12. The Hall–Kier alpha value is -0.900. The fourth-order valence-corrected chi connectivity index (χ4v) is 2.34. The fraction of sp³-hybridized carbons (Fsp3) is 0.500. The standard InChI is InChI=1S/C12H15BrN2O/c1-9-4-10(6-14-5-9)11(16)15-8-12(7-13)2-3-12/h4-6H,2-3,7-8H2,1H3,(H,15,16). The summed E-state index contributed by atoms with van der Waals surface area (Å²) in [6, 6.07) is 1.86. The highest BCUT2D eigenvalue weighted by atomic mass is 79.9. The van der Waals surface area contributed by atoms with Crippen molar-refractivity contribution in [1.29, 1.82) is 0 Å². The first-order valence-corrected chi connectivity index (χ1v) is 6.53. The van der Waals surface area contributed by atoms with Crippen LogP contribution in [0.5, 0.6) is 0 Å². The van der Waals surface area contributed by atoms with Crippen molar-refractivity contribution >= 4 is 21.8 Å². The van der Waals surface area contributed by atoms with Crippen LogP contribution in [0.15, 0.2) is 18.5 Å². The molecule has 1 aliphatic rings. The number of nitrogens with one attached hydrogen (secondary N) is 1. The van der Waals surface area contributed by atoms with E-state index in [1.165, 1.54) is 12.8 Å². The second-order valence-corrected chi connectivity index (χ2v) is 5.13. The SMILES string of the molecule is Cc1cncc(C(=O)NCC2(CBr)CC2)c1. The van der Waals surface area contributed by atoms with Crippen LogP contribution in [-0.4, -0.2) is 22.8 Å². The number of nitrogens with zero attached hydrogens (tertiary/aromatic N) is 1. The number of hydrogen-bond donors (Lipinski definition) is 1. The van der Waals surface area contributed by atoms with Gasteiger partial charge in [0.1, 0.15) is 0 Å². The molecule has 0 aromatic carbocycles. The molecule has 1 fully saturated rings. The predicted octanol–water partition coefficient (Wildman–Crippen LogP) is 2.29. The number of carbonyl (C=O) groups excluding carboxylic acids is 1. The molecular weight excluding hydrogens is 268 g/mol. The van der Waals surface area contributed by atoms with Crippen LogP contribution in [0.2, 0.25) is 0 Å². The third-order valence-electron chi connectivity index (χ3n) is 3.00. The largest absolute Gasteiger partial charge is 0.351 e. The van der Waals surface area contributed by atoms with Crippen molar-refractivity contribution in [2.24, 2.45) is 5.41 Å². The van der Waals surface area contributed by atoms with Crippen molar-refractivity contribution in [3.05, 3.63) is 29.6 Å². The van der Waals surface area contributed by atoms with Crippen molar-refractivity contribution < 1.29 is 4.79 Å². The number of carbonyl (C=O) groups is 1. The maximum atomic E-state index is 11.8. The number of halogens is 1. The number of aromatic nitrogens is 1. The van der Waals surface area contributed by atoms with Crippen molar-refractivity contribution in [2.45, 2.75) is 19.8 Å². The smallest absolute Gasteiger partial charge is 0.252 e. The van der Waals surface area contributed by atoms with Gasteiger partial charge in [0.15, 0.2) is 0 Å². The zero-order valence-electron chi connectivity index (χ0n) is 9.29. The van der Waals surface area contributed by atoms with Gasteiger partial charge in [-0.1, -0.05) is 15.9 Å². The molecule has 1 N–H and O–H groups in total. The van der Waals surface area contributed by atoms with Crippen LogP contribution in [0.3, 0.4) is 0 Å². The maximum absolute atomic E-state index is 11.8. The average Bonchev–Trinajstić information content (AvgIpc) is 3.07. The lowest BCUT2D eigenvalue weighted by molar-refractivity contribution is 0.0946. The van der Waals surface area contributed by atoms with E-state index in [2.05, 4.69) is 26.2 Å². The van der Waals surface area contributed by atoms with Gasteiger partial charge in [-0.05, 0) is 36.8 Å². The second kappa shape index (κ2) is 4.53. The summed E-state index contributed by atoms with van der Waals surface area (Å²) in [4.78, 5) is 15.8. The Labute approximate surface area is 104 Å². The highest BCUT2D eigenvalue weighted by Gasteiger charge is 2.41. The summed E-state index contributed by atoms with van der Waals surface area (Å²) in [5.41, 5.74) is 1.96. The summed E-state index contributed by atoms with van der Waals surface area (Å²) in [5.74, 6) is -0.0246. The Balaban J connectivity index is 1.93. The first-order valence-electron chi connectivity index (χ1n) is 5.41. The molecule has 1 heterocycles. The quantitative estimate of drug-likeness (QED) is 0.861.